The molecule has 1 aromatic rings. The van der Waals surface area contributed by atoms with E-state index >= 15 is 0 Å². The number of hydrogen-bond donors (Lipinski definition) is 1. The highest BCUT2D eigenvalue weighted by Gasteiger charge is 2.24. The van der Waals surface area contributed by atoms with Crippen molar-refractivity contribution in [3.63, 3.8) is 0 Å². The molecule has 0 saturated carbocycles. The number of para-hydroxylation sites is 1. The molecule has 1 aromatic carbocycles. The summed E-state index contributed by atoms with van der Waals surface area (Å²) in [6.45, 7) is 1.71. The summed E-state index contributed by atoms with van der Waals surface area (Å²) in [5.41, 5.74) is 0.611. The summed E-state index contributed by atoms with van der Waals surface area (Å²) < 4.78 is 34.1. The van der Waals surface area contributed by atoms with Gasteiger partial charge in [0, 0.05) is 16.7 Å². The molecule has 0 aromatic heterocycles. The van der Waals surface area contributed by atoms with Gasteiger partial charge < -0.3 is 4.74 Å². The van der Waals surface area contributed by atoms with E-state index in [4.69, 9.17) is 4.74 Å². The molecule has 1 heterocycles. The lowest BCUT2D eigenvalue weighted by molar-refractivity contribution is 0.0733. The molecule has 5 nitrogen and oxygen atoms in total. The van der Waals surface area contributed by atoms with Crippen LogP contribution in [0.4, 0.5) is 5.69 Å². The molecular formula is C10H13IN2O3S. The fourth-order valence-electron chi connectivity index (χ4n) is 1.53. The number of halogens is 1. The van der Waals surface area contributed by atoms with E-state index in [1.54, 1.807) is 12.1 Å². The molecular weight excluding hydrogens is 355 g/mol. The van der Waals surface area contributed by atoms with Crippen LogP contribution in [0.1, 0.15) is 0 Å². The van der Waals surface area contributed by atoms with Gasteiger partial charge in [-0.3, -0.25) is 4.72 Å². The Labute approximate surface area is 114 Å². The van der Waals surface area contributed by atoms with Gasteiger partial charge in [0.25, 0.3) is 0 Å². The summed E-state index contributed by atoms with van der Waals surface area (Å²) in [5, 5.41) is 0. The number of rotatable bonds is 3. The van der Waals surface area contributed by atoms with E-state index < -0.39 is 10.2 Å². The third-order valence-corrected chi connectivity index (χ3v) is 4.89. The van der Waals surface area contributed by atoms with Crippen LogP contribution >= 0.6 is 22.6 Å². The molecule has 0 spiro atoms. The number of benzene rings is 1. The Morgan fingerprint density at radius 3 is 2.53 bits per heavy atom. The maximum Gasteiger partial charge on any atom is 0.301 e. The third kappa shape index (κ3) is 3.30. The molecule has 1 N–H and O–H groups in total. The zero-order valence-corrected chi connectivity index (χ0v) is 12.1. The maximum absolute atomic E-state index is 12.1. The second-order valence-corrected chi connectivity index (χ2v) is 6.43. The Hall–Kier alpha value is -0.380. The fraction of sp³-hybridized carbons (Fsp3) is 0.400. The first-order chi connectivity index (χ1) is 8.09. The molecule has 0 amide bonds. The number of ether oxygens (including phenoxy) is 1. The minimum atomic E-state index is -3.46. The summed E-state index contributed by atoms with van der Waals surface area (Å²) in [6, 6.07) is 7.28. The highest BCUT2D eigenvalue weighted by molar-refractivity contribution is 14.1. The van der Waals surface area contributed by atoms with E-state index in [0.29, 0.717) is 32.0 Å². The van der Waals surface area contributed by atoms with Gasteiger partial charge >= 0.3 is 10.2 Å². The molecule has 0 radical (unpaired) electrons. The Morgan fingerprint density at radius 1 is 1.24 bits per heavy atom. The minimum absolute atomic E-state index is 0.402. The van der Waals surface area contributed by atoms with Gasteiger partial charge in [0.05, 0.1) is 18.9 Å². The van der Waals surface area contributed by atoms with Crippen LogP contribution < -0.4 is 4.72 Å². The number of hydrogen-bond acceptors (Lipinski definition) is 3. The maximum atomic E-state index is 12.1. The summed E-state index contributed by atoms with van der Waals surface area (Å²) >= 11 is 2.10. The first kappa shape index (κ1) is 13.1. The molecule has 7 heteroatoms. The van der Waals surface area contributed by atoms with Gasteiger partial charge in [-0.15, -0.1) is 0 Å². The van der Waals surface area contributed by atoms with E-state index in [1.165, 1.54) is 4.31 Å². The lowest BCUT2D eigenvalue weighted by Crippen LogP contribution is -2.43. The first-order valence-corrected chi connectivity index (χ1v) is 7.71. The van der Waals surface area contributed by atoms with Gasteiger partial charge in [0.2, 0.25) is 0 Å². The average molecular weight is 368 g/mol. The molecule has 1 aliphatic rings. The van der Waals surface area contributed by atoms with Crippen molar-refractivity contribution in [2.75, 3.05) is 31.0 Å². The largest absolute Gasteiger partial charge is 0.379 e. The van der Waals surface area contributed by atoms with Crippen LogP contribution in [0.3, 0.4) is 0 Å². The SMILES string of the molecule is O=S(=O)(Nc1ccccc1I)N1CCOCC1. The Balaban J connectivity index is 2.14. The van der Waals surface area contributed by atoms with Crippen molar-refractivity contribution in [3.05, 3.63) is 27.8 Å². The Morgan fingerprint density at radius 2 is 1.88 bits per heavy atom. The zero-order valence-electron chi connectivity index (χ0n) is 9.10. The Bertz CT molecular complexity index is 486. The van der Waals surface area contributed by atoms with Crippen molar-refractivity contribution < 1.29 is 13.2 Å². The van der Waals surface area contributed by atoms with Crippen LogP contribution in [0.2, 0.25) is 0 Å². The van der Waals surface area contributed by atoms with E-state index in [2.05, 4.69) is 27.3 Å². The van der Waals surface area contributed by atoms with E-state index in [-0.39, 0.29) is 0 Å². The number of anilines is 1. The second-order valence-electron chi connectivity index (χ2n) is 3.60. The van der Waals surface area contributed by atoms with Crippen LogP contribution in [0.15, 0.2) is 24.3 Å². The van der Waals surface area contributed by atoms with Crippen molar-refractivity contribution in [2.45, 2.75) is 0 Å². The van der Waals surface area contributed by atoms with Crippen LogP contribution in [0, 0.1) is 3.57 Å². The first-order valence-electron chi connectivity index (χ1n) is 5.20. The summed E-state index contributed by atoms with van der Waals surface area (Å²) in [7, 11) is -3.46. The molecule has 1 saturated heterocycles. The standard InChI is InChI=1S/C10H13IN2O3S/c11-9-3-1-2-4-10(9)12-17(14,15)13-5-7-16-8-6-13/h1-4,12H,5-8H2. The van der Waals surface area contributed by atoms with Crippen molar-refractivity contribution in [3.8, 4) is 0 Å². The summed E-state index contributed by atoms with van der Waals surface area (Å²) in [4.78, 5) is 0. The lowest BCUT2D eigenvalue weighted by atomic mass is 10.3. The number of morpholine rings is 1. The van der Waals surface area contributed by atoms with E-state index in [1.807, 2.05) is 12.1 Å². The van der Waals surface area contributed by atoms with Gasteiger partial charge in [-0.2, -0.15) is 12.7 Å². The summed E-state index contributed by atoms with van der Waals surface area (Å²) in [6.07, 6.45) is 0. The van der Waals surface area contributed by atoms with Crippen LogP contribution in [-0.2, 0) is 14.9 Å². The highest BCUT2D eigenvalue weighted by Crippen LogP contribution is 2.19. The molecule has 0 aliphatic carbocycles. The second kappa shape index (κ2) is 5.51. The smallest absolute Gasteiger partial charge is 0.301 e. The molecule has 94 valence electrons. The zero-order chi connectivity index (χ0) is 12.3. The van der Waals surface area contributed by atoms with Gasteiger partial charge in [-0.25, -0.2) is 0 Å². The van der Waals surface area contributed by atoms with Crippen molar-refractivity contribution in [1.82, 2.24) is 4.31 Å². The molecule has 0 atom stereocenters. The molecule has 0 unspecified atom stereocenters. The van der Waals surface area contributed by atoms with Crippen LogP contribution in [-0.4, -0.2) is 39.0 Å². The highest BCUT2D eigenvalue weighted by atomic mass is 127. The number of nitrogens with one attached hydrogen (secondary N) is 1. The predicted molar refractivity (Wildman–Crippen MR) is 74.1 cm³/mol. The monoisotopic (exact) mass is 368 g/mol. The summed E-state index contributed by atoms with van der Waals surface area (Å²) in [5.74, 6) is 0. The van der Waals surface area contributed by atoms with E-state index in [9.17, 15) is 8.42 Å². The van der Waals surface area contributed by atoms with Crippen LogP contribution in [0.5, 0.6) is 0 Å². The fourth-order valence-corrected chi connectivity index (χ4v) is 3.45. The van der Waals surface area contributed by atoms with Crippen LogP contribution in [0.25, 0.3) is 0 Å². The molecule has 17 heavy (non-hydrogen) atoms. The number of nitrogens with zero attached hydrogens (tertiary/aromatic N) is 1. The molecule has 2 rings (SSSR count). The van der Waals surface area contributed by atoms with Crippen molar-refractivity contribution in [2.24, 2.45) is 0 Å². The Kier molecular flexibility index (Phi) is 4.23. The van der Waals surface area contributed by atoms with Gasteiger partial charge in [0.1, 0.15) is 0 Å². The quantitative estimate of drug-likeness (QED) is 0.818. The van der Waals surface area contributed by atoms with Crippen molar-refractivity contribution >= 4 is 38.5 Å². The average Bonchev–Trinajstić information content (AvgIpc) is 2.33. The molecule has 1 fully saturated rings. The third-order valence-electron chi connectivity index (χ3n) is 2.42. The molecule has 0 bridgehead atoms. The van der Waals surface area contributed by atoms with Gasteiger partial charge in [0.15, 0.2) is 0 Å². The molecule has 1 aliphatic heterocycles. The topological polar surface area (TPSA) is 58.6 Å². The predicted octanol–water partition coefficient (Wildman–Crippen LogP) is 1.28. The van der Waals surface area contributed by atoms with Gasteiger partial charge in [-0.05, 0) is 34.7 Å². The minimum Gasteiger partial charge on any atom is -0.379 e. The van der Waals surface area contributed by atoms with Gasteiger partial charge in [-0.1, -0.05) is 12.1 Å². The van der Waals surface area contributed by atoms with E-state index in [0.717, 1.165) is 3.57 Å². The normalized spacial score (nSPS) is 17.9. The lowest BCUT2D eigenvalue weighted by Gasteiger charge is -2.26. The van der Waals surface area contributed by atoms with Crippen molar-refractivity contribution in [1.29, 1.82) is 0 Å².